The second kappa shape index (κ2) is 8.04. The highest BCUT2D eigenvalue weighted by atomic mass is 35.5. The smallest absolute Gasteiger partial charge is 0.272 e. The van der Waals surface area contributed by atoms with Gasteiger partial charge in [-0.2, -0.15) is 0 Å². The number of halogens is 2. The highest BCUT2D eigenvalue weighted by Crippen LogP contribution is 2.37. The summed E-state index contributed by atoms with van der Waals surface area (Å²) in [6, 6.07) is 13.8. The first-order valence-electron chi connectivity index (χ1n) is 10.1. The Bertz CT molecular complexity index is 1270. The van der Waals surface area contributed by atoms with Gasteiger partial charge in [0, 0.05) is 30.1 Å². The Balaban J connectivity index is 1.64. The predicted molar refractivity (Wildman–Crippen MR) is 125 cm³/mol. The quantitative estimate of drug-likeness (QED) is 0.631. The summed E-state index contributed by atoms with van der Waals surface area (Å²) in [6.07, 6.45) is 2.29. The zero-order chi connectivity index (χ0) is 22.4. The monoisotopic (exact) mass is 464 g/mol. The molecule has 2 aromatic carbocycles. The minimum atomic E-state index is -1.13. The second-order valence-electron chi connectivity index (χ2n) is 7.76. The maximum absolute atomic E-state index is 13.5. The lowest BCUT2D eigenvalue weighted by molar-refractivity contribution is -0.120. The molecule has 0 bridgehead atoms. The van der Waals surface area contributed by atoms with Crippen molar-refractivity contribution < 1.29 is 9.59 Å². The van der Waals surface area contributed by atoms with Crippen molar-refractivity contribution in [3.8, 4) is 0 Å². The normalized spacial score (nSPS) is 17.0. The summed E-state index contributed by atoms with van der Waals surface area (Å²) < 4.78 is 0. The number of benzene rings is 2. The van der Waals surface area contributed by atoms with Crippen molar-refractivity contribution in [2.45, 2.75) is 19.5 Å². The minimum absolute atomic E-state index is 0.0623. The summed E-state index contributed by atoms with van der Waals surface area (Å²) in [6.45, 7) is 2.56. The molecule has 1 N–H and O–H groups in total. The standard InChI is InChI=1S/C24H18Cl2N4O2/c1-13-9-15-7-8-30-21(15)16(10-13)20(14-5-3-2-4-6-14)28-22(24(30)32)29-23(31)19-17(25)11-27-12-18(19)26/h2-6,9-12,22H,7-8H2,1H3,(H,29,31)/t22-/m0/s1. The molecular weight excluding hydrogens is 447 g/mol. The number of nitrogens with one attached hydrogen (secondary N) is 1. The number of pyridine rings is 1. The summed E-state index contributed by atoms with van der Waals surface area (Å²) >= 11 is 12.3. The van der Waals surface area contributed by atoms with E-state index in [1.54, 1.807) is 4.90 Å². The number of aromatic nitrogens is 1. The van der Waals surface area contributed by atoms with Gasteiger partial charge in [-0.15, -0.1) is 0 Å². The van der Waals surface area contributed by atoms with Crippen molar-refractivity contribution in [3.63, 3.8) is 0 Å². The molecule has 0 aliphatic carbocycles. The van der Waals surface area contributed by atoms with Gasteiger partial charge in [-0.3, -0.25) is 14.6 Å². The van der Waals surface area contributed by atoms with Crippen molar-refractivity contribution >= 4 is 46.4 Å². The summed E-state index contributed by atoms with van der Waals surface area (Å²) in [5.74, 6) is -0.882. The second-order valence-corrected chi connectivity index (χ2v) is 8.57. The van der Waals surface area contributed by atoms with Gasteiger partial charge >= 0.3 is 0 Å². The van der Waals surface area contributed by atoms with E-state index >= 15 is 0 Å². The van der Waals surface area contributed by atoms with Gasteiger partial charge in [0.25, 0.3) is 11.8 Å². The Hall–Kier alpha value is -3.22. The fraction of sp³-hybridized carbons (Fsp3) is 0.167. The fourth-order valence-electron chi connectivity index (χ4n) is 4.25. The lowest BCUT2D eigenvalue weighted by Crippen LogP contribution is -2.47. The van der Waals surface area contributed by atoms with E-state index < -0.39 is 12.1 Å². The fourth-order valence-corrected chi connectivity index (χ4v) is 4.79. The zero-order valence-corrected chi connectivity index (χ0v) is 18.6. The first kappa shape index (κ1) is 20.7. The van der Waals surface area contributed by atoms with Gasteiger partial charge in [-0.05, 0) is 25.0 Å². The molecule has 1 aromatic heterocycles. The van der Waals surface area contributed by atoms with Gasteiger partial charge in [0.1, 0.15) is 0 Å². The molecule has 0 radical (unpaired) electrons. The van der Waals surface area contributed by atoms with Crippen LogP contribution in [0.15, 0.2) is 59.9 Å². The molecule has 1 atom stereocenters. The van der Waals surface area contributed by atoms with Crippen LogP contribution in [0.5, 0.6) is 0 Å². The SMILES string of the molecule is Cc1cc2c3c(c1)C(c1ccccc1)=N[C@@H](NC(=O)c1c(Cl)cncc1Cl)C(=O)N3CC2. The lowest BCUT2D eigenvalue weighted by atomic mass is 9.96. The van der Waals surface area contributed by atoms with Gasteiger partial charge in [0.15, 0.2) is 0 Å². The van der Waals surface area contributed by atoms with Crippen LogP contribution in [0.2, 0.25) is 10.0 Å². The van der Waals surface area contributed by atoms with E-state index in [9.17, 15) is 9.59 Å². The summed E-state index contributed by atoms with van der Waals surface area (Å²) in [7, 11) is 0. The van der Waals surface area contributed by atoms with Gasteiger partial charge in [-0.25, -0.2) is 4.99 Å². The average molecular weight is 465 g/mol. The molecule has 160 valence electrons. The number of carbonyl (C=O) groups excluding carboxylic acids is 2. The number of rotatable bonds is 3. The summed E-state index contributed by atoms with van der Waals surface area (Å²) in [5, 5.41) is 2.93. The van der Waals surface area contributed by atoms with Crippen LogP contribution >= 0.6 is 23.2 Å². The van der Waals surface area contributed by atoms with Gasteiger partial charge in [-0.1, -0.05) is 65.2 Å². The van der Waals surface area contributed by atoms with Crippen LogP contribution in [0, 0.1) is 6.92 Å². The molecule has 8 heteroatoms. The third-order valence-corrected chi connectivity index (χ3v) is 6.19. The molecule has 0 unspecified atom stereocenters. The molecule has 2 aliphatic heterocycles. The van der Waals surface area contributed by atoms with Crippen LogP contribution in [0.25, 0.3) is 0 Å². The summed E-state index contributed by atoms with van der Waals surface area (Å²) in [4.78, 5) is 36.9. The van der Waals surface area contributed by atoms with E-state index in [2.05, 4.69) is 16.4 Å². The van der Waals surface area contributed by atoms with Crippen molar-refractivity contribution in [2.75, 3.05) is 11.4 Å². The number of anilines is 1. The van der Waals surface area contributed by atoms with Crippen molar-refractivity contribution in [2.24, 2.45) is 4.99 Å². The number of aliphatic imine (C=N–C) groups is 1. The number of amides is 2. The highest BCUT2D eigenvalue weighted by molar-refractivity contribution is 6.39. The number of hydrogen-bond donors (Lipinski definition) is 1. The predicted octanol–water partition coefficient (Wildman–Crippen LogP) is 4.19. The molecule has 0 fully saturated rings. The third kappa shape index (κ3) is 3.45. The number of nitrogens with zero attached hydrogens (tertiary/aromatic N) is 3. The molecule has 2 aliphatic rings. The van der Waals surface area contributed by atoms with Crippen LogP contribution in [0.3, 0.4) is 0 Å². The molecule has 2 amide bonds. The first-order valence-corrected chi connectivity index (χ1v) is 10.9. The largest absolute Gasteiger partial charge is 0.322 e. The Kier molecular flexibility index (Phi) is 5.19. The number of aryl methyl sites for hydroxylation is 1. The van der Waals surface area contributed by atoms with E-state index in [-0.39, 0.29) is 21.5 Å². The molecular formula is C24H18Cl2N4O2. The first-order chi connectivity index (χ1) is 15.4. The molecule has 0 saturated heterocycles. The lowest BCUT2D eigenvalue weighted by Gasteiger charge is -2.21. The highest BCUT2D eigenvalue weighted by Gasteiger charge is 2.37. The molecule has 6 nitrogen and oxygen atoms in total. The van der Waals surface area contributed by atoms with Crippen LogP contribution in [0.4, 0.5) is 5.69 Å². The van der Waals surface area contributed by atoms with Crippen molar-refractivity contribution in [1.29, 1.82) is 0 Å². The van der Waals surface area contributed by atoms with Crippen LogP contribution in [-0.4, -0.2) is 35.2 Å². The molecule has 32 heavy (non-hydrogen) atoms. The molecule has 0 spiro atoms. The van der Waals surface area contributed by atoms with Crippen molar-refractivity contribution in [3.05, 3.63) is 92.7 Å². The number of carbonyl (C=O) groups is 2. The average Bonchev–Trinajstić information content (AvgIpc) is 3.15. The van der Waals surface area contributed by atoms with Crippen LogP contribution in [0.1, 0.15) is 32.6 Å². The molecule has 3 aromatic rings. The van der Waals surface area contributed by atoms with E-state index in [0.717, 1.165) is 34.4 Å². The van der Waals surface area contributed by atoms with E-state index in [1.807, 2.05) is 43.3 Å². The van der Waals surface area contributed by atoms with E-state index in [0.29, 0.717) is 12.3 Å². The molecule has 3 heterocycles. The zero-order valence-electron chi connectivity index (χ0n) is 17.1. The Morgan fingerprint density at radius 3 is 2.56 bits per heavy atom. The van der Waals surface area contributed by atoms with Crippen LogP contribution in [-0.2, 0) is 11.2 Å². The Morgan fingerprint density at radius 1 is 1.12 bits per heavy atom. The van der Waals surface area contributed by atoms with Crippen LogP contribution < -0.4 is 10.2 Å². The Labute approximate surface area is 194 Å². The van der Waals surface area contributed by atoms with Crippen molar-refractivity contribution in [1.82, 2.24) is 10.3 Å². The van der Waals surface area contributed by atoms with E-state index in [1.165, 1.54) is 12.4 Å². The topological polar surface area (TPSA) is 74.7 Å². The maximum atomic E-state index is 13.5. The Morgan fingerprint density at radius 2 is 1.84 bits per heavy atom. The van der Waals surface area contributed by atoms with E-state index in [4.69, 9.17) is 28.2 Å². The molecule has 0 saturated carbocycles. The van der Waals surface area contributed by atoms with Gasteiger partial charge in [0.05, 0.1) is 27.0 Å². The maximum Gasteiger partial charge on any atom is 0.272 e. The van der Waals surface area contributed by atoms with Gasteiger partial charge < -0.3 is 10.2 Å². The van der Waals surface area contributed by atoms with Gasteiger partial charge in [0.2, 0.25) is 6.17 Å². The number of hydrogen-bond acceptors (Lipinski definition) is 4. The molecule has 5 rings (SSSR count). The minimum Gasteiger partial charge on any atom is -0.322 e. The summed E-state index contributed by atoms with van der Waals surface area (Å²) in [5.41, 5.74) is 5.52. The third-order valence-electron chi connectivity index (χ3n) is 5.62.